The van der Waals surface area contributed by atoms with E-state index in [9.17, 15) is 14.4 Å². The Balaban J connectivity index is 0.000000335. The van der Waals surface area contributed by atoms with Crippen molar-refractivity contribution in [3.63, 3.8) is 0 Å². The van der Waals surface area contributed by atoms with Gasteiger partial charge in [0.1, 0.15) is 22.8 Å². The zero-order chi connectivity index (χ0) is 27.8. The van der Waals surface area contributed by atoms with Gasteiger partial charge in [-0.05, 0) is 65.5 Å². The summed E-state index contributed by atoms with van der Waals surface area (Å²) in [5, 5.41) is 11.5. The van der Waals surface area contributed by atoms with Crippen LogP contribution in [0, 0.1) is 0 Å². The number of nitrogens with zero attached hydrogens (tertiary/aromatic N) is 3. The first kappa shape index (κ1) is 30.3. The normalized spacial score (nSPS) is 13.6. The van der Waals surface area contributed by atoms with Crippen LogP contribution in [0.1, 0.15) is 54.6 Å². The van der Waals surface area contributed by atoms with Gasteiger partial charge in [-0.3, -0.25) is 4.79 Å². The van der Waals surface area contributed by atoms with Gasteiger partial charge in [0.05, 0.1) is 23.2 Å². The number of rotatable bonds is 5. The van der Waals surface area contributed by atoms with Gasteiger partial charge >= 0.3 is 12.1 Å². The van der Waals surface area contributed by atoms with Crippen molar-refractivity contribution in [3.8, 4) is 11.5 Å². The molecular formula is C24H30Br2N4O7. The number of likely N-dealkylation sites (tertiary alicyclic amines) is 1. The Hall–Kier alpha value is -2.93. The van der Waals surface area contributed by atoms with Crippen LogP contribution in [-0.2, 0) is 4.74 Å². The SMILES string of the molecule is COc1cc(C(=O)NC2CCN(C(=O)OC(C)(C)C)CC2)ncc1Br.COc1cc(C(=O)O)ncc1Br. The molecule has 2 aromatic rings. The number of ether oxygens (including phenoxy) is 3. The number of aromatic carboxylic acids is 1. The van der Waals surface area contributed by atoms with Crippen LogP contribution in [0.3, 0.4) is 0 Å². The Kier molecular flexibility index (Phi) is 11.1. The summed E-state index contributed by atoms with van der Waals surface area (Å²) >= 11 is 6.47. The van der Waals surface area contributed by atoms with Crippen molar-refractivity contribution >= 4 is 49.8 Å². The molecule has 2 aromatic heterocycles. The number of amides is 2. The van der Waals surface area contributed by atoms with Crippen LogP contribution in [0.15, 0.2) is 33.5 Å². The van der Waals surface area contributed by atoms with Crippen LogP contribution in [0.5, 0.6) is 11.5 Å². The van der Waals surface area contributed by atoms with E-state index < -0.39 is 11.6 Å². The lowest BCUT2D eigenvalue weighted by atomic mass is 10.1. The van der Waals surface area contributed by atoms with Crippen molar-refractivity contribution in [1.29, 1.82) is 0 Å². The quantitative estimate of drug-likeness (QED) is 0.480. The summed E-state index contributed by atoms with van der Waals surface area (Å²) in [5.74, 6) is -0.301. The second kappa shape index (κ2) is 13.6. The Morgan fingerprint density at radius 2 is 1.46 bits per heavy atom. The molecule has 0 bridgehead atoms. The summed E-state index contributed by atoms with van der Waals surface area (Å²) in [6.07, 6.45) is 3.98. The van der Waals surface area contributed by atoms with Crippen molar-refractivity contribution in [3.05, 3.63) is 44.9 Å². The minimum absolute atomic E-state index is 0.00243. The Morgan fingerprint density at radius 1 is 0.973 bits per heavy atom. The number of carboxylic acids is 1. The standard InChI is InChI=1S/C17H24BrN3O4.C7H6BrNO3/c1-17(2,3)25-16(23)21-7-5-11(6-8-21)20-15(22)13-9-14(24-4)12(18)10-19-13;1-12-6-2-5(7(10)11)9-3-4(6)8/h9-11H,5-8H2,1-4H3,(H,20,22);2-3H,1H3,(H,10,11). The van der Waals surface area contributed by atoms with E-state index in [2.05, 4.69) is 47.1 Å². The minimum Gasteiger partial charge on any atom is -0.495 e. The molecule has 3 rings (SSSR count). The Morgan fingerprint density at radius 3 is 1.92 bits per heavy atom. The highest BCUT2D eigenvalue weighted by Crippen LogP contribution is 2.25. The highest BCUT2D eigenvalue weighted by Gasteiger charge is 2.28. The molecule has 13 heteroatoms. The van der Waals surface area contributed by atoms with Gasteiger partial charge in [-0.1, -0.05) is 0 Å². The Bertz CT molecular complexity index is 1120. The fraction of sp³-hybridized carbons (Fsp3) is 0.458. The molecule has 11 nitrogen and oxygen atoms in total. The minimum atomic E-state index is -1.07. The molecule has 1 fully saturated rings. The molecule has 0 aliphatic carbocycles. The van der Waals surface area contributed by atoms with E-state index in [0.717, 1.165) is 0 Å². The topological polar surface area (TPSA) is 140 Å². The third-order valence-corrected chi connectivity index (χ3v) is 6.20. The number of nitrogens with one attached hydrogen (secondary N) is 1. The van der Waals surface area contributed by atoms with Gasteiger partial charge < -0.3 is 29.5 Å². The van der Waals surface area contributed by atoms with Crippen molar-refractivity contribution in [2.45, 2.75) is 45.3 Å². The van der Waals surface area contributed by atoms with E-state index in [1.165, 1.54) is 26.5 Å². The average molecular weight is 646 g/mol. The molecule has 1 saturated heterocycles. The molecule has 3 heterocycles. The van der Waals surface area contributed by atoms with E-state index >= 15 is 0 Å². The van der Waals surface area contributed by atoms with Gasteiger partial charge in [0.25, 0.3) is 5.91 Å². The maximum Gasteiger partial charge on any atom is 0.410 e. The second-order valence-corrected chi connectivity index (χ2v) is 10.6. The van der Waals surface area contributed by atoms with Crippen molar-refractivity contribution < 1.29 is 33.7 Å². The molecule has 1 aliphatic heterocycles. The zero-order valence-corrected chi connectivity index (χ0v) is 24.4. The number of piperidine rings is 1. The summed E-state index contributed by atoms with van der Waals surface area (Å²) < 4.78 is 16.8. The summed E-state index contributed by atoms with van der Waals surface area (Å²) in [5.41, 5.74) is -0.237. The number of carbonyl (C=O) groups is 3. The van der Waals surface area contributed by atoms with Crippen LogP contribution in [0.25, 0.3) is 0 Å². The van der Waals surface area contributed by atoms with Gasteiger partial charge in [0.2, 0.25) is 0 Å². The number of aromatic nitrogens is 2. The summed E-state index contributed by atoms with van der Waals surface area (Å²) in [7, 11) is 3.00. The van der Waals surface area contributed by atoms with E-state index in [-0.39, 0.29) is 23.7 Å². The van der Waals surface area contributed by atoms with Gasteiger partial charge in [-0.15, -0.1) is 0 Å². The lowest BCUT2D eigenvalue weighted by molar-refractivity contribution is 0.0199. The first-order chi connectivity index (χ1) is 17.3. The van der Waals surface area contributed by atoms with Gasteiger partial charge in [0.15, 0.2) is 5.69 Å². The number of carbonyl (C=O) groups excluding carboxylic acids is 2. The smallest absolute Gasteiger partial charge is 0.410 e. The Labute approximate surface area is 232 Å². The number of hydrogen-bond acceptors (Lipinski definition) is 8. The molecule has 2 amide bonds. The van der Waals surface area contributed by atoms with Crippen LogP contribution < -0.4 is 14.8 Å². The van der Waals surface area contributed by atoms with Crippen LogP contribution in [0.4, 0.5) is 4.79 Å². The van der Waals surface area contributed by atoms with Crippen molar-refractivity contribution in [2.75, 3.05) is 27.3 Å². The first-order valence-corrected chi connectivity index (χ1v) is 12.8. The molecule has 0 unspecified atom stereocenters. The molecule has 0 saturated carbocycles. The van der Waals surface area contributed by atoms with Crippen molar-refractivity contribution in [1.82, 2.24) is 20.2 Å². The number of hydrogen-bond donors (Lipinski definition) is 2. The highest BCUT2D eigenvalue weighted by molar-refractivity contribution is 9.10. The molecule has 202 valence electrons. The predicted molar refractivity (Wildman–Crippen MR) is 142 cm³/mol. The van der Waals surface area contributed by atoms with Crippen LogP contribution in [-0.4, -0.2) is 76.9 Å². The number of halogens is 2. The second-order valence-electron chi connectivity index (χ2n) is 8.93. The third kappa shape index (κ3) is 9.47. The molecule has 0 spiro atoms. The van der Waals surface area contributed by atoms with Gasteiger partial charge in [0, 0.05) is 43.7 Å². The lowest BCUT2D eigenvalue weighted by Gasteiger charge is -2.33. The number of carboxylic acid groups (broad SMARTS) is 1. The lowest BCUT2D eigenvalue weighted by Crippen LogP contribution is -2.47. The number of pyridine rings is 2. The predicted octanol–water partition coefficient (Wildman–Crippen LogP) is 4.53. The zero-order valence-electron chi connectivity index (χ0n) is 21.2. The molecule has 37 heavy (non-hydrogen) atoms. The molecule has 2 N–H and O–H groups in total. The van der Waals surface area contributed by atoms with E-state index in [1.807, 2.05) is 20.8 Å². The van der Waals surface area contributed by atoms with Gasteiger partial charge in [-0.25, -0.2) is 19.6 Å². The molecular weight excluding hydrogens is 616 g/mol. The molecule has 0 radical (unpaired) electrons. The fourth-order valence-electron chi connectivity index (χ4n) is 3.19. The van der Waals surface area contributed by atoms with Crippen LogP contribution in [0.2, 0.25) is 0 Å². The largest absolute Gasteiger partial charge is 0.495 e. The maximum atomic E-state index is 12.3. The first-order valence-electron chi connectivity index (χ1n) is 11.3. The third-order valence-electron chi connectivity index (χ3n) is 5.01. The molecule has 0 atom stereocenters. The van der Waals surface area contributed by atoms with E-state index in [1.54, 1.807) is 17.2 Å². The van der Waals surface area contributed by atoms with E-state index in [0.29, 0.717) is 52.1 Å². The highest BCUT2D eigenvalue weighted by atomic mass is 79.9. The van der Waals surface area contributed by atoms with Crippen molar-refractivity contribution in [2.24, 2.45) is 0 Å². The maximum absolute atomic E-state index is 12.3. The van der Waals surface area contributed by atoms with E-state index in [4.69, 9.17) is 19.3 Å². The molecule has 0 aromatic carbocycles. The summed E-state index contributed by atoms with van der Waals surface area (Å²) in [6, 6.07) is 2.95. The fourth-order valence-corrected chi connectivity index (χ4v) is 3.94. The summed E-state index contributed by atoms with van der Waals surface area (Å²) in [4.78, 5) is 44.3. The monoisotopic (exact) mass is 644 g/mol. The summed E-state index contributed by atoms with van der Waals surface area (Å²) in [6.45, 7) is 6.64. The van der Waals surface area contributed by atoms with Crippen LogP contribution >= 0.6 is 31.9 Å². The average Bonchev–Trinajstić information content (AvgIpc) is 2.84. The number of methoxy groups -OCH3 is 2. The van der Waals surface area contributed by atoms with Gasteiger partial charge in [-0.2, -0.15) is 0 Å². The molecule has 1 aliphatic rings.